The van der Waals surface area contributed by atoms with Crippen molar-refractivity contribution < 1.29 is 32.6 Å². The number of amides is 1. The summed E-state index contributed by atoms with van der Waals surface area (Å²) in [7, 11) is 2.90. The number of methoxy groups -OCH3 is 2. The van der Waals surface area contributed by atoms with Crippen molar-refractivity contribution in [3.05, 3.63) is 53.6 Å². The van der Waals surface area contributed by atoms with Crippen molar-refractivity contribution in [2.75, 3.05) is 19.5 Å². The molecule has 0 spiro atoms. The van der Waals surface area contributed by atoms with Crippen LogP contribution in [-0.4, -0.2) is 32.2 Å². The Bertz CT molecular complexity index is 805. The Morgan fingerprint density at radius 1 is 1.00 bits per heavy atom. The molecule has 0 saturated heterocycles. The van der Waals surface area contributed by atoms with Gasteiger partial charge in [0.25, 0.3) is 5.91 Å². The van der Waals surface area contributed by atoms with Crippen LogP contribution in [-0.2, 0) is 9.53 Å². The lowest BCUT2D eigenvalue weighted by atomic mass is 10.2. The summed E-state index contributed by atoms with van der Waals surface area (Å²) in [5.41, 5.74) is -0.0161. The number of hydrogen-bond acceptors (Lipinski definition) is 5. The zero-order valence-electron chi connectivity index (χ0n) is 14.3. The molecule has 0 aliphatic rings. The molecule has 0 heterocycles. The van der Waals surface area contributed by atoms with E-state index >= 15 is 0 Å². The highest BCUT2D eigenvalue weighted by Gasteiger charge is 2.21. The van der Waals surface area contributed by atoms with Gasteiger partial charge in [0.15, 0.2) is 6.10 Å². The Morgan fingerprint density at radius 2 is 1.65 bits per heavy atom. The van der Waals surface area contributed by atoms with Gasteiger partial charge in [0.05, 0.1) is 25.5 Å². The number of halogens is 2. The molecule has 2 aromatic carbocycles. The molecule has 0 saturated carbocycles. The van der Waals surface area contributed by atoms with Crippen LogP contribution in [0.3, 0.4) is 0 Å². The topological polar surface area (TPSA) is 73.9 Å². The van der Waals surface area contributed by atoms with Crippen LogP contribution in [0.1, 0.15) is 17.3 Å². The van der Waals surface area contributed by atoms with Gasteiger partial charge in [-0.1, -0.05) is 0 Å². The minimum Gasteiger partial charge on any atom is -0.497 e. The number of carbonyl (C=O) groups is 2. The van der Waals surface area contributed by atoms with Crippen molar-refractivity contribution >= 4 is 17.6 Å². The second kappa shape index (κ2) is 8.28. The van der Waals surface area contributed by atoms with Gasteiger partial charge in [-0.2, -0.15) is 0 Å². The summed E-state index contributed by atoms with van der Waals surface area (Å²) < 4.78 is 41.5. The lowest BCUT2D eigenvalue weighted by molar-refractivity contribution is -0.123. The molecule has 8 heteroatoms. The highest BCUT2D eigenvalue weighted by molar-refractivity contribution is 5.98. The van der Waals surface area contributed by atoms with Crippen LogP contribution in [0, 0.1) is 11.6 Å². The van der Waals surface area contributed by atoms with E-state index < -0.39 is 29.6 Å². The van der Waals surface area contributed by atoms with Crippen LogP contribution in [0.15, 0.2) is 36.4 Å². The summed E-state index contributed by atoms with van der Waals surface area (Å²) in [6.07, 6.45) is -1.22. The van der Waals surface area contributed by atoms with E-state index in [2.05, 4.69) is 5.32 Å². The molecule has 0 aliphatic heterocycles. The summed E-state index contributed by atoms with van der Waals surface area (Å²) in [5.74, 6) is -2.65. The lowest BCUT2D eigenvalue weighted by Gasteiger charge is -2.16. The maximum atomic E-state index is 13.2. The number of nitrogens with one attached hydrogen (secondary N) is 1. The minimum atomic E-state index is -1.22. The van der Waals surface area contributed by atoms with Crippen LogP contribution in [0.4, 0.5) is 14.5 Å². The number of esters is 1. The largest absolute Gasteiger partial charge is 0.497 e. The second-order valence-electron chi connectivity index (χ2n) is 5.26. The summed E-state index contributed by atoms with van der Waals surface area (Å²) in [4.78, 5) is 24.2. The van der Waals surface area contributed by atoms with Crippen LogP contribution >= 0.6 is 0 Å². The van der Waals surface area contributed by atoms with Gasteiger partial charge < -0.3 is 19.5 Å². The zero-order valence-corrected chi connectivity index (χ0v) is 14.3. The third-order valence-electron chi connectivity index (χ3n) is 3.42. The van der Waals surface area contributed by atoms with Gasteiger partial charge in [0.1, 0.15) is 23.1 Å². The highest BCUT2D eigenvalue weighted by atomic mass is 19.1. The van der Waals surface area contributed by atoms with Crippen molar-refractivity contribution in [3.8, 4) is 11.5 Å². The van der Waals surface area contributed by atoms with Crippen molar-refractivity contribution in [3.63, 3.8) is 0 Å². The SMILES string of the molecule is COc1ccc(OC)c(NC(=O)[C@H](C)OC(=O)c2cc(F)cc(F)c2)c1. The Labute approximate surface area is 148 Å². The molecule has 0 aromatic heterocycles. The average molecular weight is 365 g/mol. The molecule has 2 rings (SSSR count). The number of carbonyl (C=O) groups excluding carboxylic acids is 2. The van der Waals surface area contributed by atoms with Gasteiger partial charge in [-0.05, 0) is 31.2 Å². The molecule has 0 fully saturated rings. The average Bonchev–Trinajstić information content (AvgIpc) is 2.60. The first kappa shape index (κ1) is 19.2. The van der Waals surface area contributed by atoms with E-state index in [1.54, 1.807) is 12.1 Å². The van der Waals surface area contributed by atoms with E-state index in [1.807, 2.05) is 0 Å². The van der Waals surface area contributed by atoms with Gasteiger partial charge in [-0.25, -0.2) is 13.6 Å². The van der Waals surface area contributed by atoms with E-state index in [-0.39, 0.29) is 5.56 Å². The molecule has 26 heavy (non-hydrogen) atoms. The van der Waals surface area contributed by atoms with Crippen molar-refractivity contribution in [2.45, 2.75) is 13.0 Å². The van der Waals surface area contributed by atoms with E-state index in [4.69, 9.17) is 14.2 Å². The predicted octanol–water partition coefficient (Wildman–Crippen LogP) is 3.17. The van der Waals surface area contributed by atoms with Crippen molar-refractivity contribution in [1.29, 1.82) is 0 Å². The molecular formula is C18H17F2NO5. The van der Waals surface area contributed by atoms with Gasteiger partial charge in [0, 0.05) is 12.1 Å². The molecule has 0 bridgehead atoms. The predicted molar refractivity (Wildman–Crippen MR) is 89.4 cm³/mol. The lowest BCUT2D eigenvalue weighted by Crippen LogP contribution is -2.30. The first-order valence-corrected chi connectivity index (χ1v) is 7.54. The van der Waals surface area contributed by atoms with Gasteiger partial charge >= 0.3 is 5.97 Å². The summed E-state index contributed by atoms with van der Waals surface area (Å²) in [5, 5.41) is 2.55. The third-order valence-corrected chi connectivity index (χ3v) is 3.42. The summed E-state index contributed by atoms with van der Waals surface area (Å²) in [6, 6.07) is 7.05. The number of anilines is 1. The smallest absolute Gasteiger partial charge is 0.339 e. The Kier molecular flexibility index (Phi) is 6.11. The standard InChI is InChI=1S/C18H17F2NO5/c1-10(26-18(23)11-6-12(19)8-13(20)7-11)17(22)21-15-9-14(24-2)4-5-16(15)25-3/h4-10H,1-3H3,(H,21,22)/t10-/m0/s1. The maximum Gasteiger partial charge on any atom is 0.339 e. The van der Waals surface area contributed by atoms with E-state index in [0.717, 1.165) is 12.1 Å². The van der Waals surface area contributed by atoms with Crippen LogP contribution in [0.5, 0.6) is 11.5 Å². The van der Waals surface area contributed by atoms with Gasteiger partial charge in [-0.3, -0.25) is 4.79 Å². The molecular weight excluding hydrogens is 348 g/mol. The van der Waals surface area contributed by atoms with Crippen molar-refractivity contribution in [1.82, 2.24) is 0 Å². The molecule has 0 radical (unpaired) electrons. The van der Waals surface area contributed by atoms with E-state index in [0.29, 0.717) is 23.3 Å². The Balaban J connectivity index is 2.09. The normalized spacial score (nSPS) is 11.4. The molecule has 1 atom stereocenters. The maximum absolute atomic E-state index is 13.2. The molecule has 1 amide bonds. The first-order valence-electron chi connectivity index (χ1n) is 7.54. The number of hydrogen-bond donors (Lipinski definition) is 1. The zero-order chi connectivity index (χ0) is 19.3. The summed E-state index contributed by atoms with van der Waals surface area (Å²) >= 11 is 0. The van der Waals surface area contributed by atoms with Gasteiger partial charge in [0.2, 0.25) is 0 Å². The molecule has 0 aliphatic carbocycles. The third kappa shape index (κ3) is 4.69. The number of benzene rings is 2. The van der Waals surface area contributed by atoms with Gasteiger partial charge in [-0.15, -0.1) is 0 Å². The second-order valence-corrected chi connectivity index (χ2v) is 5.26. The fourth-order valence-electron chi connectivity index (χ4n) is 2.10. The highest BCUT2D eigenvalue weighted by Crippen LogP contribution is 2.29. The molecule has 138 valence electrons. The quantitative estimate of drug-likeness (QED) is 0.796. The van der Waals surface area contributed by atoms with E-state index in [9.17, 15) is 18.4 Å². The van der Waals surface area contributed by atoms with Crippen LogP contribution < -0.4 is 14.8 Å². The molecule has 1 N–H and O–H groups in total. The van der Waals surface area contributed by atoms with Crippen molar-refractivity contribution in [2.24, 2.45) is 0 Å². The minimum absolute atomic E-state index is 0.316. The Morgan fingerprint density at radius 3 is 2.23 bits per heavy atom. The molecule has 6 nitrogen and oxygen atoms in total. The molecule has 2 aromatic rings. The van der Waals surface area contributed by atoms with E-state index in [1.165, 1.54) is 27.2 Å². The monoisotopic (exact) mass is 365 g/mol. The summed E-state index contributed by atoms with van der Waals surface area (Å²) in [6.45, 7) is 1.33. The number of ether oxygens (including phenoxy) is 3. The Hall–Kier alpha value is -3.16. The van der Waals surface area contributed by atoms with Crippen LogP contribution in [0.25, 0.3) is 0 Å². The first-order chi connectivity index (χ1) is 12.3. The van der Waals surface area contributed by atoms with Crippen LogP contribution in [0.2, 0.25) is 0 Å². The fourth-order valence-corrected chi connectivity index (χ4v) is 2.10. The fraction of sp³-hybridized carbons (Fsp3) is 0.222. The molecule has 0 unspecified atom stereocenters. The number of rotatable bonds is 6.